The van der Waals surface area contributed by atoms with Gasteiger partial charge >= 0.3 is 0 Å². The Morgan fingerprint density at radius 3 is 2.00 bits per heavy atom. The average molecular weight is 220 g/mol. The van der Waals surface area contributed by atoms with Crippen molar-refractivity contribution in [2.75, 3.05) is 7.11 Å². The van der Waals surface area contributed by atoms with Crippen molar-refractivity contribution in [1.82, 2.24) is 0 Å². The molecule has 1 aromatic carbocycles. The summed E-state index contributed by atoms with van der Waals surface area (Å²) in [5.74, 6) is 1.50. The van der Waals surface area contributed by atoms with Crippen molar-refractivity contribution in [3.05, 3.63) is 35.9 Å². The molecule has 0 saturated carbocycles. The minimum Gasteiger partial charge on any atom is -0.497 e. The van der Waals surface area contributed by atoms with E-state index >= 15 is 0 Å². The van der Waals surface area contributed by atoms with Crippen molar-refractivity contribution in [2.24, 2.45) is 5.92 Å². The molecule has 0 aliphatic rings. The first-order valence-electron chi connectivity index (χ1n) is 5.96. The Kier molecular flexibility index (Phi) is 7.36. The molecule has 16 heavy (non-hydrogen) atoms. The van der Waals surface area contributed by atoms with Crippen molar-refractivity contribution in [1.29, 1.82) is 0 Å². The summed E-state index contributed by atoms with van der Waals surface area (Å²) in [4.78, 5) is 0. The van der Waals surface area contributed by atoms with Gasteiger partial charge in [0.05, 0.1) is 7.11 Å². The topological polar surface area (TPSA) is 9.23 Å². The van der Waals surface area contributed by atoms with Crippen LogP contribution >= 0.6 is 0 Å². The largest absolute Gasteiger partial charge is 0.497 e. The second-order valence-corrected chi connectivity index (χ2v) is 3.82. The number of hydrogen-bond acceptors (Lipinski definition) is 1. The first kappa shape index (κ1) is 14.8. The predicted molar refractivity (Wildman–Crippen MR) is 72.8 cm³/mol. The van der Waals surface area contributed by atoms with Crippen LogP contribution in [0.4, 0.5) is 0 Å². The zero-order valence-electron chi connectivity index (χ0n) is 11.4. The zero-order chi connectivity index (χ0) is 12.6. The average Bonchev–Trinajstić information content (AvgIpc) is 2.31. The summed E-state index contributed by atoms with van der Waals surface area (Å²) >= 11 is 0. The fourth-order valence-corrected chi connectivity index (χ4v) is 1.45. The fourth-order valence-electron chi connectivity index (χ4n) is 1.45. The fraction of sp³-hybridized carbons (Fsp3) is 0.467. The van der Waals surface area contributed by atoms with E-state index < -0.39 is 0 Å². The van der Waals surface area contributed by atoms with E-state index in [-0.39, 0.29) is 0 Å². The van der Waals surface area contributed by atoms with Crippen molar-refractivity contribution in [3.63, 3.8) is 0 Å². The van der Waals surface area contributed by atoms with E-state index in [9.17, 15) is 0 Å². The van der Waals surface area contributed by atoms with Crippen LogP contribution in [0.2, 0.25) is 0 Å². The molecule has 0 spiro atoms. The first-order chi connectivity index (χ1) is 7.63. The lowest BCUT2D eigenvalue weighted by Crippen LogP contribution is -1.86. The monoisotopic (exact) mass is 220 g/mol. The van der Waals surface area contributed by atoms with E-state index in [1.165, 1.54) is 11.1 Å². The van der Waals surface area contributed by atoms with Gasteiger partial charge < -0.3 is 4.74 Å². The molecule has 0 heterocycles. The number of ether oxygens (including phenoxy) is 1. The molecule has 0 amide bonds. The number of benzene rings is 1. The number of rotatable bonds is 3. The molecule has 0 aromatic heterocycles. The summed E-state index contributed by atoms with van der Waals surface area (Å²) in [6, 6.07) is 8.17. The Morgan fingerprint density at radius 2 is 1.62 bits per heavy atom. The van der Waals surface area contributed by atoms with Crippen molar-refractivity contribution in [3.8, 4) is 5.75 Å². The molecule has 0 aliphatic carbocycles. The van der Waals surface area contributed by atoms with Crippen LogP contribution in [0.3, 0.4) is 0 Å². The Hall–Kier alpha value is -1.24. The molecule has 0 bridgehead atoms. The van der Waals surface area contributed by atoms with Crippen LogP contribution in [-0.4, -0.2) is 7.11 Å². The van der Waals surface area contributed by atoms with Gasteiger partial charge in [0.1, 0.15) is 5.75 Å². The molecule has 1 nitrogen and oxygen atoms in total. The van der Waals surface area contributed by atoms with Crippen LogP contribution < -0.4 is 4.74 Å². The van der Waals surface area contributed by atoms with Gasteiger partial charge in [-0.15, -0.1) is 0 Å². The van der Waals surface area contributed by atoms with Crippen molar-refractivity contribution in [2.45, 2.75) is 34.6 Å². The lowest BCUT2D eigenvalue weighted by atomic mass is 10.0. The van der Waals surface area contributed by atoms with Gasteiger partial charge in [0.2, 0.25) is 0 Å². The highest BCUT2D eigenvalue weighted by Crippen LogP contribution is 2.19. The number of hydrogen-bond donors (Lipinski definition) is 0. The maximum absolute atomic E-state index is 5.11. The van der Waals surface area contributed by atoms with Gasteiger partial charge in [0, 0.05) is 0 Å². The van der Waals surface area contributed by atoms with E-state index in [0.717, 1.165) is 5.75 Å². The van der Waals surface area contributed by atoms with Gasteiger partial charge in [-0.05, 0) is 36.1 Å². The molecule has 0 radical (unpaired) electrons. The molecular weight excluding hydrogens is 196 g/mol. The highest BCUT2D eigenvalue weighted by atomic mass is 16.5. The normalized spacial score (nSPS) is 10.8. The molecule has 1 heteroatoms. The smallest absolute Gasteiger partial charge is 0.118 e. The molecule has 0 aliphatic heterocycles. The standard InChI is InChI=1S/C13H18O.C2H6/c1-10(2)9-11(3)12-5-7-13(14-4)8-6-12;1-2/h5-10H,1-4H3;1-2H3/b11-9+;. The second kappa shape index (κ2) is 7.98. The summed E-state index contributed by atoms with van der Waals surface area (Å²) in [6.45, 7) is 10.5. The first-order valence-corrected chi connectivity index (χ1v) is 5.96. The van der Waals surface area contributed by atoms with E-state index in [1.807, 2.05) is 26.0 Å². The summed E-state index contributed by atoms with van der Waals surface area (Å²) < 4.78 is 5.11. The van der Waals surface area contributed by atoms with Crippen LogP contribution in [0.15, 0.2) is 30.3 Å². The summed E-state index contributed by atoms with van der Waals surface area (Å²) in [6.07, 6.45) is 2.27. The van der Waals surface area contributed by atoms with Gasteiger partial charge in [-0.3, -0.25) is 0 Å². The molecule has 0 unspecified atom stereocenters. The van der Waals surface area contributed by atoms with Crippen molar-refractivity contribution < 1.29 is 4.74 Å². The molecule has 0 N–H and O–H groups in total. The summed E-state index contributed by atoms with van der Waals surface area (Å²) in [5.41, 5.74) is 2.59. The predicted octanol–water partition coefficient (Wildman–Crippen LogP) is 4.78. The maximum Gasteiger partial charge on any atom is 0.118 e. The van der Waals surface area contributed by atoms with Gasteiger partial charge in [-0.25, -0.2) is 0 Å². The quantitative estimate of drug-likeness (QED) is 0.712. The van der Waals surface area contributed by atoms with Gasteiger partial charge in [0.25, 0.3) is 0 Å². The molecule has 1 aromatic rings. The van der Waals surface area contributed by atoms with Crippen molar-refractivity contribution >= 4 is 5.57 Å². The van der Waals surface area contributed by atoms with E-state index in [1.54, 1.807) is 7.11 Å². The zero-order valence-corrected chi connectivity index (χ0v) is 11.4. The Morgan fingerprint density at radius 1 is 1.12 bits per heavy atom. The Labute approximate surface area is 100 Å². The molecular formula is C15H24O. The second-order valence-electron chi connectivity index (χ2n) is 3.82. The molecule has 0 atom stereocenters. The lowest BCUT2D eigenvalue weighted by Gasteiger charge is -2.05. The minimum atomic E-state index is 0.595. The number of allylic oxidation sites excluding steroid dienone is 2. The minimum absolute atomic E-state index is 0.595. The van der Waals surface area contributed by atoms with E-state index in [2.05, 4.69) is 39.0 Å². The Bertz CT molecular complexity index is 307. The highest BCUT2D eigenvalue weighted by molar-refractivity contribution is 5.64. The SMILES string of the molecule is CC.COc1ccc(/C(C)=C/C(C)C)cc1. The summed E-state index contributed by atoms with van der Waals surface area (Å²) in [7, 11) is 1.69. The Balaban J connectivity index is 0.00000106. The molecule has 0 saturated heterocycles. The molecule has 0 fully saturated rings. The van der Waals surface area contributed by atoms with E-state index in [0.29, 0.717) is 5.92 Å². The van der Waals surface area contributed by atoms with Crippen LogP contribution in [0.1, 0.15) is 40.2 Å². The van der Waals surface area contributed by atoms with Crippen LogP contribution in [-0.2, 0) is 0 Å². The third kappa shape index (κ3) is 5.01. The number of methoxy groups -OCH3 is 1. The van der Waals surface area contributed by atoms with Gasteiger partial charge in [0.15, 0.2) is 0 Å². The van der Waals surface area contributed by atoms with E-state index in [4.69, 9.17) is 4.74 Å². The highest BCUT2D eigenvalue weighted by Gasteiger charge is 1.97. The lowest BCUT2D eigenvalue weighted by molar-refractivity contribution is 0.415. The third-order valence-electron chi connectivity index (χ3n) is 2.13. The maximum atomic E-state index is 5.11. The van der Waals surface area contributed by atoms with Crippen LogP contribution in [0.25, 0.3) is 5.57 Å². The van der Waals surface area contributed by atoms with Crippen LogP contribution in [0.5, 0.6) is 5.75 Å². The van der Waals surface area contributed by atoms with Crippen LogP contribution in [0, 0.1) is 5.92 Å². The molecule has 90 valence electrons. The third-order valence-corrected chi connectivity index (χ3v) is 2.13. The van der Waals surface area contributed by atoms with Gasteiger partial charge in [-0.2, -0.15) is 0 Å². The molecule has 1 rings (SSSR count). The summed E-state index contributed by atoms with van der Waals surface area (Å²) in [5, 5.41) is 0. The van der Waals surface area contributed by atoms with Gasteiger partial charge in [-0.1, -0.05) is 45.9 Å².